The van der Waals surface area contributed by atoms with E-state index in [1.165, 1.54) is 0 Å². The topological polar surface area (TPSA) is 54.7 Å². The maximum Gasteiger partial charge on any atom is 0.139 e. The zero-order valence-electron chi connectivity index (χ0n) is 9.24. The summed E-state index contributed by atoms with van der Waals surface area (Å²) in [6, 6.07) is 11.2. The van der Waals surface area contributed by atoms with Gasteiger partial charge in [-0.05, 0) is 52.3 Å². The standard InChI is InChI=1S/C13H9BrClN3/c14-10-6-8(16)2-3-9(10)13-17-11-4-1-7(15)5-12(11)18-13/h1-6H,16H2,(H,17,18). The summed E-state index contributed by atoms with van der Waals surface area (Å²) in [6.45, 7) is 0. The highest BCUT2D eigenvalue weighted by Gasteiger charge is 2.09. The highest BCUT2D eigenvalue weighted by Crippen LogP contribution is 2.30. The third-order valence-electron chi connectivity index (χ3n) is 2.69. The Kier molecular flexibility index (Phi) is 2.76. The molecule has 0 aliphatic carbocycles. The molecule has 0 spiro atoms. The van der Waals surface area contributed by atoms with Gasteiger partial charge in [-0.3, -0.25) is 0 Å². The second-order valence-corrected chi connectivity index (χ2v) is 5.28. The molecule has 0 saturated carbocycles. The van der Waals surface area contributed by atoms with E-state index in [4.69, 9.17) is 17.3 Å². The van der Waals surface area contributed by atoms with Crippen LogP contribution in [0.5, 0.6) is 0 Å². The zero-order chi connectivity index (χ0) is 12.7. The highest BCUT2D eigenvalue weighted by molar-refractivity contribution is 9.10. The van der Waals surface area contributed by atoms with E-state index in [2.05, 4.69) is 25.9 Å². The van der Waals surface area contributed by atoms with Crippen molar-refractivity contribution in [2.45, 2.75) is 0 Å². The van der Waals surface area contributed by atoms with Crippen molar-refractivity contribution in [2.24, 2.45) is 0 Å². The molecule has 3 aromatic rings. The van der Waals surface area contributed by atoms with Gasteiger partial charge in [-0.2, -0.15) is 0 Å². The average molecular weight is 323 g/mol. The quantitative estimate of drug-likeness (QED) is 0.659. The maximum atomic E-state index is 5.95. The fourth-order valence-corrected chi connectivity index (χ4v) is 2.59. The molecule has 0 amide bonds. The maximum absolute atomic E-state index is 5.95. The second kappa shape index (κ2) is 4.30. The van der Waals surface area contributed by atoms with Crippen LogP contribution in [0.2, 0.25) is 5.02 Å². The van der Waals surface area contributed by atoms with E-state index >= 15 is 0 Å². The van der Waals surface area contributed by atoms with E-state index in [0.29, 0.717) is 10.7 Å². The summed E-state index contributed by atoms with van der Waals surface area (Å²) in [5.74, 6) is 0.791. The first kappa shape index (κ1) is 11.6. The number of nitrogens with two attached hydrogens (primary N) is 1. The molecular weight excluding hydrogens is 314 g/mol. The highest BCUT2D eigenvalue weighted by atomic mass is 79.9. The average Bonchev–Trinajstić information content (AvgIpc) is 2.71. The number of hydrogen-bond donors (Lipinski definition) is 2. The normalized spacial score (nSPS) is 11.0. The van der Waals surface area contributed by atoms with Gasteiger partial charge in [0.2, 0.25) is 0 Å². The molecule has 90 valence electrons. The first-order chi connectivity index (χ1) is 8.63. The van der Waals surface area contributed by atoms with Crippen molar-refractivity contribution in [1.29, 1.82) is 0 Å². The van der Waals surface area contributed by atoms with Gasteiger partial charge < -0.3 is 10.7 Å². The summed E-state index contributed by atoms with van der Waals surface area (Å²) in [4.78, 5) is 7.78. The Morgan fingerprint density at radius 1 is 1.17 bits per heavy atom. The van der Waals surface area contributed by atoms with Gasteiger partial charge in [0, 0.05) is 20.7 Å². The van der Waals surface area contributed by atoms with Crippen LogP contribution in [0.25, 0.3) is 22.4 Å². The molecule has 0 atom stereocenters. The fraction of sp³-hybridized carbons (Fsp3) is 0. The van der Waals surface area contributed by atoms with Crippen LogP contribution in [-0.4, -0.2) is 9.97 Å². The minimum absolute atomic E-state index is 0.689. The number of nitrogens with one attached hydrogen (secondary N) is 1. The molecule has 1 heterocycles. The second-order valence-electron chi connectivity index (χ2n) is 3.99. The van der Waals surface area contributed by atoms with E-state index < -0.39 is 0 Å². The number of fused-ring (bicyclic) bond motifs is 1. The summed E-state index contributed by atoms with van der Waals surface area (Å²) in [6.07, 6.45) is 0. The number of rotatable bonds is 1. The van der Waals surface area contributed by atoms with Gasteiger partial charge in [-0.15, -0.1) is 0 Å². The van der Waals surface area contributed by atoms with E-state index in [1.54, 1.807) is 0 Å². The Morgan fingerprint density at radius 2 is 2.00 bits per heavy atom. The Hall–Kier alpha value is -1.52. The van der Waals surface area contributed by atoms with E-state index in [-0.39, 0.29) is 0 Å². The molecule has 3 rings (SSSR count). The van der Waals surface area contributed by atoms with Crippen LogP contribution < -0.4 is 5.73 Å². The Bertz CT molecular complexity index is 736. The SMILES string of the molecule is Nc1ccc(-c2nc3ccc(Cl)cc3[nH]2)c(Br)c1. The Morgan fingerprint density at radius 3 is 2.78 bits per heavy atom. The molecule has 0 radical (unpaired) electrons. The van der Waals surface area contributed by atoms with Crippen molar-refractivity contribution in [3.8, 4) is 11.4 Å². The monoisotopic (exact) mass is 321 g/mol. The van der Waals surface area contributed by atoms with Crippen LogP contribution in [-0.2, 0) is 0 Å². The summed E-state index contributed by atoms with van der Waals surface area (Å²) < 4.78 is 0.910. The van der Waals surface area contributed by atoms with Crippen LogP contribution in [0.3, 0.4) is 0 Å². The van der Waals surface area contributed by atoms with Crippen LogP contribution >= 0.6 is 27.5 Å². The first-order valence-electron chi connectivity index (χ1n) is 5.34. The van der Waals surface area contributed by atoms with Gasteiger partial charge in [0.15, 0.2) is 0 Å². The number of halogens is 2. The minimum Gasteiger partial charge on any atom is -0.399 e. The number of nitrogens with zero attached hydrogens (tertiary/aromatic N) is 1. The van der Waals surface area contributed by atoms with Crippen molar-refractivity contribution >= 4 is 44.3 Å². The molecule has 0 bridgehead atoms. The van der Waals surface area contributed by atoms with Crippen LogP contribution in [0.1, 0.15) is 0 Å². The Balaban J connectivity index is 2.19. The van der Waals surface area contributed by atoms with Crippen molar-refractivity contribution in [3.05, 3.63) is 45.9 Å². The van der Waals surface area contributed by atoms with Gasteiger partial charge in [-0.1, -0.05) is 11.6 Å². The van der Waals surface area contributed by atoms with Crippen LogP contribution in [0.4, 0.5) is 5.69 Å². The zero-order valence-corrected chi connectivity index (χ0v) is 11.6. The Labute approximate surface area is 117 Å². The van der Waals surface area contributed by atoms with Crippen LogP contribution in [0, 0.1) is 0 Å². The summed E-state index contributed by atoms with van der Waals surface area (Å²) >= 11 is 9.44. The molecule has 0 aliphatic heterocycles. The lowest BCUT2D eigenvalue weighted by Crippen LogP contribution is -1.87. The lowest BCUT2D eigenvalue weighted by atomic mass is 10.2. The largest absolute Gasteiger partial charge is 0.399 e. The molecular formula is C13H9BrClN3. The molecule has 0 unspecified atom stereocenters. The predicted octanol–water partition coefficient (Wildman–Crippen LogP) is 4.23. The van der Waals surface area contributed by atoms with Crippen molar-refractivity contribution in [2.75, 3.05) is 5.73 Å². The lowest BCUT2D eigenvalue weighted by Gasteiger charge is -2.01. The van der Waals surface area contributed by atoms with Gasteiger partial charge >= 0.3 is 0 Å². The van der Waals surface area contributed by atoms with E-state index in [9.17, 15) is 0 Å². The predicted molar refractivity (Wildman–Crippen MR) is 78.7 cm³/mol. The smallest absolute Gasteiger partial charge is 0.139 e. The number of anilines is 1. The van der Waals surface area contributed by atoms with Gasteiger partial charge in [0.25, 0.3) is 0 Å². The molecule has 3 N–H and O–H groups in total. The van der Waals surface area contributed by atoms with E-state index in [1.807, 2.05) is 36.4 Å². The summed E-state index contributed by atoms with van der Waals surface area (Å²) in [5.41, 5.74) is 9.21. The molecule has 2 aromatic carbocycles. The first-order valence-corrected chi connectivity index (χ1v) is 6.51. The number of aromatic amines is 1. The van der Waals surface area contributed by atoms with Gasteiger partial charge in [0.1, 0.15) is 5.82 Å². The number of benzene rings is 2. The van der Waals surface area contributed by atoms with Gasteiger partial charge in [0.05, 0.1) is 11.0 Å². The van der Waals surface area contributed by atoms with E-state index in [0.717, 1.165) is 26.9 Å². The number of nitrogen functional groups attached to an aromatic ring is 1. The van der Waals surface area contributed by atoms with Crippen molar-refractivity contribution in [1.82, 2.24) is 9.97 Å². The molecule has 1 aromatic heterocycles. The molecule has 0 aliphatic rings. The summed E-state index contributed by atoms with van der Waals surface area (Å²) in [5, 5.41) is 0.689. The van der Waals surface area contributed by atoms with Crippen molar-refractivity contribution < 1.29 is 0 Å². The number of imidazole rings is 1. The third-order valence-corrected chi connectivity index (χ3v) is 3.58. The molecule has 0 fully saturated rings. The minimum atomic E-state index is 0.689. The number of aromatic nitrogens is 2. The van der Waals surface area contributed by atoms with Crippen LogP contribution in [0.15, 0.2) is 40.9 Å². The van der Waals surface area contributed by atoms with Gasteiger partial charge in [-0.25, -0.2) is 4.98 Å². The molecule has 3 nitrogen and oxygen atoms in total. The number of hydrogen-bond acceptors (Lipinski definition) is 2. The lowest BCUT2D eigenvalue weighted by molar-refractivity contribution is 1.33. The fourth-order valence-electron chi connectivity index (χ4n) is 1.83. The molecule has 0 saturated heterocycles. The molecule has 5 heteroatoms. The van der Waals surface area contributed by atoms with Crippen molar-refractivity contribution in [3.63, 3.8) is 0 Å². The molecule has 18 heavy (non-hydrogen) atoms. The number of H-pyrrole nitrogens is 1. The third kappa shape index (κ3) is 1.98. The summed E-state index contributed by atoms with van der Waals surface area (Å²) in [7, 11) is 0.